The number of aliphatic hydroxyl groups excluding tert-OH is 1. The van der Waals surface area contributed by atoms with Crippen molar-refractivity contribution in [3.05, 3.63) is 11.6 Å². The predicted molar refractivity (Wildman–Crippen MR) is 36.7 cm³/mol. The van der Waals surface area contributed by atoms with Gasteiger partial charge in [0.2, 0.25) is 5.28 Å². The summed E-state index contributed by atoms with van der Waals surface area (Å²) in [6.07, 6.45) is 2.22. The minimum absolute atomic E-state index is 0.164. The van der Waals surface area contributed by atoms with Gasteiger partial charge in [-0.3, -0.25) is 4.68 Å². The highest BCUT2D eigenvalue weighted by Gasteiger charge is 1.94. The molecule has 1 aromatic heterocycles. The average Bonchev–Trinajstić information content (AvgIpc) is 2.31. The summed E-state index contributed by atoms with van der Waals surface area (Å²) in [6, 6.07) is 0. The summed E-state index contributed by atoms with van der Waals surface area (Å²) < 4.78 is 1.60. The lowest BCUT2D eigenvalue weighted by Gasteiger charge is -1.94. The van der Waals surface area contributed by atoms with Gasteiger partial charge in [0.1, 0.15) is 6.33 Å². The van der Waals surface area contributed by atoms with Crippen LogP contribution in [-0.4, -0.2) is 26.5 Å². The third kappa shape index (κ3) is 1.97. The Labute approximate surface area is 63.5 Å². The van der Waals surface area contributed by atoms with Gasteiger partial charge in [0.25, 0.3) is 0 Å². The Kier molecular flexibility index (Phi) is 2.65. The maximum atomic E-state index is 8.44. The van der Waals surface area contributed by atoms with Crippen molar-refractivity contribution in [1.29, 1.82) is 0 Å². The molecule has 0 saturated heterocycles. The van der Waals surface area contributed by atoms with Crippen LogP contribution in [0.2, 0.25) is 5.28 Å². The first-order valence-corrected chi connectivity index (χ1v) is 3.36. The smallest absolute Gasteiger partial charge is 0.242 e. The summed E-state index contributed by atoms with van der Waals surface area (Å²) in [7, 11) is 0. The molecule has 0 saturated carbocycles. The summed E-state index contributed by atoms with van der Waals surface area (Å²) in [5.74, 6) is 0. The van der Waals surface area contributed by atoms with Crippen LogP contribution in [0, 0.1) is 0 Å². The zero-order chi connectivity index (χ0) is 7.40. The molecule has 56 valence electrons. The molecule has 0 aliphatic carbocycles. The van der Waals surface area contributed by atoms with E-state index in [1.807, 2.05) is 0 Å². The van der Waals surface area contributed by atoms with E-state index in [9.17, 15) is 0 Å². The normalized spacial score (nSPS) is 10.2. The zero-order valence-electron chi connectivity index (χ0n) is 5.37. The van der Waals surface area contributed by atoms with E-state index in [-0.39, 0.29) is 11.9 Å². The second kappa shape index (κ2) is 3.53. The Balaban J connectivity index is 2.42. The molecule has 0 amide bonds. The van der Waals surface area contributed by atoms with E-state index in [4.69, 9.17) is 16.7 Å². The topological polar surface area (TPSA) is 50.9 Å². The van der Waals surface area contributed by atoms with Crippen LogP contribution >= 0.6 is 11.6 Å². The molecule has 0 spiro atoms. The molecule has 0 aliphatic rings. The van der Waals surface area contributed by atoms with E-state index in [0.29, 0.717) is 13.0 Å². The van der Waals surface area contributed by atoms with E-state index in [1.54, 1.807) is 4.68 Å². The molecule has 0 unspecified atom stereocenters. The van der Waals surface area contributed by atoms with Gasteiger partial charge in [-0.25, -0.2) is 4.98 Å². The Morgan fingerprint density at radius 2 is 2.50 bits per heavy atom. The molecule has 1 rings (SSSR count). The van der Waals surface area contributed by atoms with Crippen LogP contribution in [0.3, 0.4) is 0 Å². The average molecular weight is 162 g/mol. The van der Waals surface area contributed by atoms with Crippen LogP contribution in [0.5, 0.6) is 0 Å². The largest absolute Gasteiger partial charge is 0.396 e. The fourth-order valence-electron chi connectivity index (χ4n) is 0.612. The van der Waals surface area contributed by atoms with Crippen molar-refractivity contribution in [3.63, 3.8) is 0 Å². The number of nitrogens with zero attached hydrogens (tertiary/aromatic N) is 3. The fraction of sp³-hybridized carbons (Fsp3) is 0.600. The number of hydrogen-bond donors (Lipinski definition) is 1. The number of aromatic nitrogens is 3. The quantitative estimate of drug-likeness (QED) is 0.695. The minimum Gasteiger partial charge on any atom is -0.396 e. The van der Waals surface area contributed by atoms with Crippen LogP contribution in [-0.2, 0) is 6.54 Å². The Bertz CT molecular complexity index is 201. The van der Waals surface area contributed by atoms with Crippen molar-refractivity contribution in [1.82, 2.24) is 14.8 Å². The first-order chi connectivity index (χ1) is 4.83. The van der Waals surface area contributed by atoms with Gasteiger partial charge in [0.15, 0.2) is 0 Å². The minimum atomic E-state index is 0.164. The maximum Gasteiger partial charge on any atom is 0.242 e. The number of hydrogen-bond acceptors (Lipinski definition) is 3. The molecule has 4 nitrogen and oxygen atoms in total. The van der Waals surface area contributed by atoms with E-state index >= 15 is 0 Å². The molecule has 10 heavy (non-hydrogen) atoms. The standard InChI is InChI=1S/C5H8ClN3O/c6-5-7-4-9(8-5)2-1-3-10/h4,10H,1-3H2. The van der Waals surface area contributed by atoms with Gasteiger partial charge >= 0.3 is 0 Å². The summed E-state index contributed by atoms with van der Waals surface area (Å²) in [5, 5.41) is 12.5. The highest BCUT2D eigenvalue weighted by Crippen LogP contribution is 1.96. The number of aliphatic hydroxyl groups is 1. The molecule has 5 heteroatoms. The molecule has 0 fully saturated rings. The predicted octanol–water partition coefficient (Wildman–Crippen LogP) is 0.314. The van der Waals surface area contributed by atoms with Crippen molar-refractivity contribution in [2.75, 3.05) is 6.61 Å². The maximum absolute atomic E-state index is 8.44. The summed E-state index contributed by atoms with van der Waals surface area (Å²) in [6.45, 7) is 0.827. The monoisotopic (exact) mass is 161 g/mol. The van der Waals surface area contributed by atoms with E-state index in [2.05, 4.69) is 10.1 Å². The molecule has 0 bridgehead atoms. The van der Waals surface area contributed by atoms with Gasteiger partial charge in [0, 0.05) is 13.2 Å². The van der Waals surface area contributed by atoms with Crippen molar-refractivity contribution < 1.29 is 5.11 Å². The van der Waals surface area contributed by atoms with E-state index < -0.39 is 0 Å². The lowest BCUT2D eigenvalue weighted by molar-refractivity contribution is 0.277. The third-order valence-electron chi connectivity index (χ3n) is 1.05. The van der Waals surface area contributed by atoms with Crippen LogP contribution in [0.15, 0.2) is 6.33 Å². The molecule has 1 heterocycles. The molecular formula is C5H8ClN3O. The Hall–Kier alpha value is -0.610. The fourth-order valence-corrected chi connectivity index (χ4v) is 0.753. The van der Waals surface area contributed by atoms with Gasteiger partial charge in [-0.05, 0) is 18.0 Å². The van der Waals surface area contributed by atoms with Gasteiger partial charge in [-0.15, -0.1) is 5.10 Å². The highest BCUT2D eigenvalue weighted by molar-refractivity contribution is 6.28. The number of halogens is 1. The SMILES string of the molecule is OCCCn1cnc(Cl)n1. The first kappa shape index (κ1) is 7.50. The van der Waals surface area contributed by atoms with Crippen LogP contribution in [0.25, 0.3) is 0 Å². The Morgan fingerprint density at radius 1 is 1.70 bits per heavy atom. The van der Waals surface area contributed by atoms with E-state index in [0.717, 1.165) is 0 Å². The van der Waals surface area contributed by atoms with E-state index in [1.165, 1.54) is 6.33 Å². The van der Waals surface area contributed by atoms with Crippen LogP contribution in [0.4, 0.5) is 0 Å². The van der Waals surface area contributed by atoms with Crippen LogP contribution in [0.1, 0.15) is 6.42 Å². The number of aryl methyl sites for hydroxylation is 1. The van der Waals surface area contributed by atoms with Gasteiger partial charge in [-0.2, -0.15) is 0 Å². The zero-order valence-corrected chi connectivity index (χ0v) is 6.12. The van der Waals surface area contributed by atoms with Crippen molar-refractivity contribution in [3.8, 4) is 0 Å². The van der Waals surface area contributed by atoms with Crippen molar-refractivity contribution >= 4 is 11.6 Å². The molecule has 0 aliphatic heterocycles. The second-order valence-electron chi connectivity index (χ2n) is 1.85. The van der Waals surface area contributed by atoms with Crippen LogP contribution < -0.4 is 0 Å². The first-order valence-electron chi connectivity index (χ1n) is 2.99. The lowest BCUT2D eigenvalue weighted by atomic mass is 10.5. The summed E-state index contributed by atoms with van der Waals surface area (Å²) in [5.41, 5.74) is 0. The summed E-state index contributed by atoms with van der Waals surface area (Å²) in [4.78, 5) is 3.71. The lowest BCUT2D eigenvalue weighted by Crippen LogP contribution is -1.99. The van der Waals surface area contributed by atoms with Crippen molar-refractivity contribution in [2.45, 2.75) is 13.0 Å². The number of rotatable bonds is 3. The summed E-state index contributed by atoms with van der Waals surface area (Å²) >= 11 is 5.43. The third-order valence-corrected chi connectivity index (χ3v) is 1.23. The second-order valence-corrected chi connectivity index (χ2v) is 2.19. The molecule has 0 radical (unpaired) electrons. The Morgan fingerprint density at radius 3 is 3.00 bits per heavy atom. The molecule has 0 aromatic carbocycles. The molecule has 1 aromatic rings. The van der Waals surface area contributed by atoms with Crippen molar-refractivity contribution in [2.24, 2.45) is 0 Å². The van der Waals surface area contributed by atoms with Gasteiger partial charge < -0.3 is 5.11 Å². The van der Waals surface area contributed by atoms with Gasteiger partial charge in [0.05, 0.1) is 0 Å². The highest BCUT2D eigenvalue weighted by atomic mass is 35.5. The molecule has 0 atom stereocenters. The molecular weight excluding hydrogens is 154 g/mol. The molecule has 1 N–H and O–H groups in total. The van der Waals surface area contributed by atoms with Gasteiger partial charge in [-0.1, -0.05) is 0 Å².